The number of rotatable bonds is 4. The summed E-state index contributed by atoms with van der Waals surface area (Å²) in [4.78, 5) is 13.0. The minimum absolute atomic E-state index is 0.288. The van der Waals surface area contributed by atoms with Gasteiger partial charge in [-0.05, 0) is 49.0 Å². The van der Waals surface area contributed by atoms with Gasteiger partial charge in [-0.1, -0.05) is 18.2 Å². The van der Waals surface area contributed by atoms with Gasteiger partial charge in [0.2, 0.25) is 0 Å². The summed E-state index contributed by atoms with van der Waals surface area (Å²) in [7, 11) is 1.50. The second kappa shape index (κ2) is 7.71. The third-order valence-corrected chi connectivity index (χ3v) is 4.37. The number of hydrogen-bond donors (Lipinski definition) is 3. The highest BCUT2D eigenvalue weighted by Crippen LogP contribution is 2.30. The molecule has 1 atom stereocenters. The van der Waals surface area contributed by atoms with Crippen LogP contribution in [0.25, 0.3) is 0 Å². The maximum absolute atomic E-state index is 13.7. The molecule has 2 aromatic rings. The van der Waals surface area contributed by atoms with Gasteiger partial charge in [-0.2, -0.15) is 0 Å². The lowest BCUT2D eigenvalue weighted by Crippen LogP contribution is -2.45. The number of benzene rings is 2. The third-order valence-electron chi connectivity index (χ3n) is 4.15. The fourth-order valence-electron chi connectivity index (χ4n) is 2.87. The number of para-hydroxylation sites is 2. The first-order valence-corrected chi connectivity index (χ1v) is 8.49. The van der Waals surface area contributed by atoms with Crippen LogP contribution in [0.2, 0.25) is 0 Å². The molecular weight excluding hydrogens is 372 g/mol. The van der Waals surface area contributed by atoms with Gasteiger partial charge in [0.1, 0.15) is 5.75 Å². The first-order valence-electron chi connectivity index (χ1n) is 8.08. The minimum atomic E-state index is -0.999. The van der Waals surface area contributed by atoms with E-state index >= 15 is 0 Å². The Morgan fingerprint density at radius 3 is 2.63 bits per heavy atom. The Labute approximate surface area is 160 Å². The predicted molar refractivity (Wildman–Crippen MR) is 102 cm³/mol. The zero-order chi connectivity index (χ0) is 19.6. The van der Waals surface area contributed by atoms with Crippen molar-refractivity contribution in [1.29, 1.82) is 0 Å². The number of carbonyl (C=O) groups is 1. The molecule has 140 valence electrons. The van der Waals surface area contributed by atoms with Gasteiger partial charge in [-0.3, -0.25) is 4.79 Å². The zero-order valence-corrected chi connectivity index (χ0v) is 15.4. The van der Waals surface area contributed by atoms with E-state index in [9.17, 15) is 13.6 Å². The van der Waals surface area contributed by atoms with Crippen molar-refractivity contribution in [2.75, 3.05) is 12.4 Å². The highest BCUT2D eigenvalue weighted by Gasteiger charge is 2.30. The number of thiocarbonyl (C=S) groups is 1. The maximum Gasteiger partial charge on any atom is 0.255 e. The average Bonchev–Trinajstić information content (AvgIpc) is 2.63. The molecule has 8 heteroatoms. The van der Waals surface area contributed by atoms with Crippen LogP contribution in [0, 0.1) is 11.6 Å². The van der Waals surface area contributed by atoms with Crippen LogP contribution in [0.1, 0.15) is 18.5 Å². The van der Waals surface area contributed by atoms with Gasteiger partial charge in [-0.15, -0.1) is 0 Å². The number of carbonyl (C=O) groups excluding carboxylic acids is 1. The highest BCUT2D eigenvalue weighted by molar-refractivity contribution is 7.80. The Hall–Kier alpha value is -3.00. The van der Waals surface area contributed by atoms with Gasteiger partial charge in [0, 0.05) is 5.70 Å². The van der Waals surface area contributed by atoms with Gasteiger partial charge in [0.25, 0.3) is 5.91 Å². The van der Waals surface area contributed by atoms with E-state index in [-0.39, 0.29) is 5.11 Å². The molecule has 0 fully saturated rings. The Balaban J connectivity index is 1.98. The molecule has 2 aromatic carbocycles. The van der Waals surface area contributed by atoms with Gasteiger partial charge in [-0.25, -0.2) is 8.78 Å². The van der Waals surface area contributed by atoms with Crippen LogP contribution in [0.15, 0.2) is 53.7 Å². The van der Waals surface area contributed by atoms with E-state index in [1.807, 2.05) is 0 Å². The highest BCUT2D eigenvalue weighted by atomic mass is 32.1. The van der Waals surface area contributed by atoms with E-state index in [0.717, 1.165) is 12.1 Å². The van der Waals surface area contributed by atoms with E-state index < -0.39 is 23.6 Å². The zero-order valence-electron chi connectivity index (χ0n) is 14.6. The standard InChI is InChI=1S/C19H17F2N3O2S/c1-10-16(18(25)23-14-5-3-4-6-15(14)26-2)17(24-19(27)22-10)11-7-8-12(20)13(21)9-11/h3-9,17H,1-2H3,(H,23,25)(H2,22,24,27)/t17-/m1/s1. The predicted octanol–water partition coefficient (Wildman–Crippen LogP) is 3.40. The van der Waals surface area contributed by atoms with Crippen molar-refractivity contribution in [3.8, 4) is 5.75 Å². The van der Waals surface area contributed by atoms with Crippen LogP contribution >= 0.6 is 12.2 Å². The summed E-state index contributed by atoms with van der Waals surface area (Å²) in [6, 6.07) is 9.71. The summed E-state index contributed by atoms with van der Waals surface area (Å²) in [5.74, 6) is -1.88. The summed E-state index contributed by atoms with van der Waals surface area (Å²) in [6.07, 6.45) is 0. The molecule has 0 unspecified atom stereocenters. The van der Waals surface area contributed by atoms with Crippen molar-refractivity contribution in [2.45, 2.75) is 13.0 Å². The number of ether oxygens (including phenoxy) is 1. The van der Waals surface area contributed by atoms with Gasteiger partial charge >= 0.3 is 0 Å². The van der Waals surface area contributed by atoms with Crippen LogP contribution < -0.4 is 20.7 Å². The van der Waals surface area contributed by atoms with Crippen LogP contribution in [0.3, 0.4) is 0 Å². The van der Waals surface area contributed by atoms with Crippen molar-refractivity contribution in [3.05, 3.63) is 70.9 Å². The molecule has 0 aliphatic carbocycles. The number of anilines is 1. The smallest absolute Gasteiger partial charge is 0.255 e. The molecule has 27 heavy (non-hydrogen) atoms. The van der Waals surface area contributed by atoms with Crippen molar-refractivity contribution in [2.24, 2.45) is 0 Å². The number of hydrogen-bond acceptors (Lipinski definition) is 3. The second-order valence-electron chi connectivity index (χ2n) is 5.90. The summed E-state index contributed by atoms with van der Waals surface area (Å²) >= 11 is 5.15. The van der Waals surface area contributed by atoms with Crippen LogP contribution in [-0.2, 0) is 4.79 Å². The molecule has 1 aliphatic rings. The van der Waals surface area contributed by atoms with Crippen LogP contribution in [0.5, 0.6) is 5.75 Å². The Morgan fingerprint density at radius 2 is 1.93 bits per heavy atom. The molecular formula is C19H17F2N3O2S. The van der Waals surface area contributed by atoms with Crippen molar-refractivity contribution < 1.29 is 18.3 Å². The number of amides is 1. The molecule has 1 heterocycles. The maximum atomic E-state index is 13.7. The molecule has 1 aliphatic heterocycles. The molecule has 0 saturated carbocycles. The minimum Gasteiger partial charge on any atom is -0.495 e. The molecule has 1 amide bonds. The van der Waals surface area contributed by atoms with Crippen LogP contribution in [0.4, 0.5) is 14.5 Å². The largest absolute Gasteiger partial charge is 0.495 e. The van der Waals surface area contributed by atoms with E-state index in [2.05, 4.69) is 16.0 Å². The van der Waals surface area contributed by atoms with Gasteiger partial charge in [0.15, 0.2) is 16.7 Å². The molecule has 0 spiro atoms. The lowest BCUT2D eigenvalue weighted by molar-refractivity contribution is -0.113. The van der Waals surface area contributed by atoms with E-state index in [0.29, 0.717) is 28.3 Å². The topological polar surface area (TPSA) is 62.4 Å². The fraction of sp³-hybridized carbons (Fsp3) is 0.158. The van der Waals surface area contributed by atoms with Crippen molar-refractivity contribution >= 4 is 28.9 Å². The number of allylic oxidation sites excluding steroid dienone is 1. The Bertz CT molecular complexity index is 946. The SMILES string of the molecule is COc1ccccc1NC(=O)C1=C(C)NC(=S)N[C@@H]1c1ccc(F)c(F)c1. The summed E-state index contributed by atoms with van der Waals surface area (Å²) < 4.78 is 32.3. The van der Waals surface area contributed by atoms with Crippen molar-refractivity contribution in [1.82, 2.24) is 10.6 Å². The molecule has 0 bridgehead atoms. The van der Waals surface area contributed by atoms with Crippen molar-refractivity contribution in [3.63, 3.8) is 0 Å². The quantitative estimate of drug-likeness (QED) is 0.700. The lowest BCUT2D eigenvalue weighted by Gasteiger charge is -2.30. The normalized spacial score (nSPS) is 16.4. The van der Waals surface area contributed by atoms with E-state index in [4.69, 9.17) is 17.0 Å². The van der Waals surface area contributed by atoms with Gasteiger partial charge in [0.05, 0.1) is 24.4 Å². The molecule has 0 aromatic heterocycles. The first kappa shape index (κ1) is 18.8. The third kappa shape index (κ3) is 3.90. The Kier molecular flexibility index (Phi) is 5.36. The van der Waals surface area contributed by atoms with E-state index in [1.165, 1.54) is 13.2 Å². The molecule has 3 N–H and O–H groups in total. The van der Waals surface area contributed by atoms with E-state index in [1.54, 1.807) is 31.2 Å². The first-order chi connectivity index (χ1) is 12.9. The fourth-order valence-corrected chi connectivity index (χ4v) is 3.15. The Morgan fingerprint density at radius 1 is 1.19 bits per heavy atom. The second-order valence-corrected chi connectivity index (χ2v) is 6.31. The monoisotopic (exact) mass is 389 g/mol. The molecule has 3 rings (SSSR count). The number of halogens is 2. The average molecular weight is 389 g/mol. The number of nitrogens with one attached hydrogen (secondary N) is 3. The van der Waals surface area contributed by atoms with Gasteiger partial charge < -0.3 is 20.7 Å². The number of methoxy groups -OCH3 is 1. The molecule has 5 nitrogen and oxygen atoms in total. The lowest BCUT2D eigenvalue weighted by atomic mass is 9.94. The van der Waals surface area contributed by atoms with Crippen LogP contribution in [-0.4, -0.2) is 18.1 Å². The summed E-state index contributed by atoms with van der Waals surface area (Å²) in [5.41, 5.74) is 1.69. The summed E-state index contributed by atoms with van der Waals surface area (Å²) in [5, 5.41) is 8.90. The molecule has 0 saturated heterocycles. The molecule has 0 radical (unpaired) electrons. The summed E-state index contributed by atoms with van der Waals surface area (Å²) in [6.45, 7) is 1.69.